The summed E-state index contributed by atoms with van der Waals surface area (Å²) in [7, 11) is 0. The van der Waals surface area contributed by atoms with E-state index in [2.05, 4.69) is 10.3 Å². The molecule has 1 fully saturated rings. The van der Waals surface area contributed by atoms with Crippen LogP contribution >= 0.6 is 0 Å². The molecule has 4 N–H and O–H groups in total. The highest BCUT2D eigenvalue weighted by Gasteiger charge is 2.66. The summed E-state index contributed by atoms with van der Waals surface area (Å²) in [6, 6.07) is 7.55. The minimum absolute atomic E-state index is 0.00187. The van der Waals surface area contributed by atoms with Crippen LogP contribution in [0.25, 0.3) is 10.9 Å². The summed E-state index contributed by atoms with van der Waals surface area (Å²) >= 11 is 0. The number of H-pyrrole nitrogens is 1. The molecule has 1 amide bonds. The van der Waals surface area contributed by atoms with Gasteiger partial charge in [-0.3, -0.25) is 14.4 Å². The van der Waals surface area contributed by atoms with Gasteiger partial charge in [-0.2, -0.15) is 0 Å². The molecule has 7 nitrogen and oxygen atoms in total. The molecule has 204 valence electrons. The normalized spacial score (nSPS) is 36.7. The van der Waals surface area contributed by atoms with Gasteiger partial charge in [0.2, 0.25) is 5.91 Å². The fraction of sp³-hybridized carbons (Fsp3) is 0.406. The predicted octanol–water partition coefficient (Wildman–Crippen LogP) is 3.74. The molecule has 0 radical (unpaired) electrons. The number of benzene rings is 1. The van der Waals surface area contributed by atoms with Crippen LogP contribution in [0.5, 0.6) is 0 Å². The van der Waals surface area contributed by atoms with Gasteiger partial charge in [0.15, 0.2) is 11.6 Å². The van der Waals surface area contributed by atoms with Gasteiger partial charge in [-0.05, 0) is 74.5 Å². The lowest BCUT2D eigenvalue weighted by Crippen LogP contribution is -2.55. The second-order valence-corrected chi connectivity index (χ2v) is 11.4. The molecule has 3 aliphatic rings. The van der Waals surface area contributed by atoms with E-state index in [1.807, 2.05) is 69.5 Å². The molecule has 1 spiro atoms. The first-order valence-corrected chi connectivity index (χ1v) is 13.6. The molecule has 7 atom stereocenters. The number of allylic oxidation sites excluding steroid dienone is 3. The molecule has 39 heavy (non-hydrogen) atoms. The van der Waals surface area contributed by atoms with Crippen LogP contribution in [0.3, 0.4) is 0 Å². The van der Waals surface area contributed by atoms with Crippen molar-refractivity contribution in [2.75, 3.05) is 0 Å². The Kier molecular flexibility index (Phi) is 7.08. The van der Waals surface area contributed by atoms with Crippen LogP contribution in [0.4, 0.5) is 0 Å². The van der Waals surface area contributed by atoms with Gasteiger partial charge < -0.3 is 20.5 Å². The molecule has 0 saturated carbocycles. The van der Waals surface area contributed by atoms with Crippen molar-refractivity contribution in [3.05, 3.63) is 83.1 Å². The average molecular weight is 529 g/mol. The number of amides is 1. The van der Waals surface area contributed by atoms with Crippen molar-refractivity contribution in [2.45, 2.75) is 58.8 Å². The zero-order chi connectivity index (χ0) is 28.1. The Morgan fingerprint density at radius 2 is 1.77 bits per heavy atom. The van der Waals surface area contributed by atoms with Crippen LogP contribution in [-0.4, -0.2) is 50.9 Å². The van der Waals surface area contributed by atoms with Gasteiger partial charge in [0, 0.05) is 35.0 Å². The number of hydrogen-bond acceptors (Lipinski definition) is 5. The van der Waals surface area contributed by atoms with Crippen molar-refractivity contribution in [2.24, 2.45) is 23.2 Å². The van der Waals surface area contributed by atoms with E-state index in [0.717, 1.165) is 39.8 Å². The Hall–Kier alpha value is -3.55. The Morgan fingerprint density at radius 1 is 1.03 bits per heavy atom. The molecule has 1 saturated heterocycles. The third-order valence-corrected chi connectivity index (χ3v) is 9.00. The molecule has 1 aromatic carbocycles. The quantitative estimate of drug-likeness (QED) is 0.350. The van der Waals surface area contributed by atoms with E-state index in [-0.39, 0.29) is 5.92 Å². The number of ketones is 2. The first kappa shape index (κ1) is 27.0. The number of carbonyl (C=O) groups is 3. The van der Waals surface area contributed by atoms with Gasteiger partial charge in [0.1, 0.15) is 11.5 Å². The van der Waals surface area contributed by atoms with E-state index >= 15 is 0 Å². The van der Waals surface area contributed by atoms with Crippen molar-refractivity contribution in [1.82, 2.24) is 10.3 Å². The third kappa shape index (κ3) is 4.34. The first-order valence-electron chi connectivity index (χ1n) is 13.6. The van der Waals surface area contributed by atoms with Crippen LogP contribution in [0.2, 0.25) is 0 Å². The van der Waals surface area contributed by atoms with Crippen LogP contribution in [-0.2, 0) is 20.8 Å². The summed E-state index contributed by atoms with van der Waals surface area (Å²) < 4.78 is 0. The van der Waals surface area contributed by atoms with E-state index in [9.17, 15) is 24.6 Å². The number of hydrogen-bond donors (Lipinski definition) is 4. The minimum atomic E-state index is -1.63. The van der Waals surface area contributed by atoms with Gasteiger partial charge in [0.25, 0.3) is 0 Å². The summed E-state index contributed by atoms with van der Waals surface area (Å²) in [6.45, 7) is 7.40. The standard InChI is InChI=1S/C32H36N2O5/c1-17-8-7-10-23-30(38)20(4)19(3)28-25(15-21-16-33-24-11-6-5-9-22(21)24)34-31(39)32(23,28)27(36)13-12-26(35)29(37)18(2)14-17/h5-7,9-14,16-17,23,25,28-30,33,37-38H,8,15H2,1-4H3,(H,34,39)/b10-7+,13-12+,18-14-/t17-,23-,25-,28-,29+,30+,32+/m0/s1. The van der Waals surface area contributed by atoms with Gasteiger partial charge in [0.05, 0.1) is 6.10 Å². The Balaban J connectivity index is 1.65. The molecule has 1 aromatic heterocycles. The number of aromatic nitrogens is 1. The molecule has 0 unspecified atom stereocenters. The summed E-state index contributed by atoms with van der Waals surface area (Å²) in [6.07, 6.45) is 8.34. The second kappa shape index (κ2) is 10.2. The van der Waals surface area contributed by atoms with Gasteiger partial charge >= 0.3 is 0 Å². The fourth-order valence-corrected chi connectivity index (χ4v) is 6.88. The van der Waals surface area contributed by atoms with Crippen LogP contribution in [0.1, 0.15) is 39.7 Å². The molecule has 2 aromatic rings. The lowest BCUT2D eigenvalue weighted by molar-refractivity contribution is -0.144. The molecule has 0 bridgehead atoms. The Bertz CT molecular complexity index is 1460. The van der Waals surface area contributed by atoms with Crippen molar-refractivity contribution < 1.29 is 24.6 Å². The molecule has 5 rings (SSSR count). The molecule has 2 heterocycles. The second-order valence-electron chi connectivity index (χ2n) is 11.4. The third-order valence-electron chi connectivity index (χ3n) is 9.00. The number of aliphatic hydroxyl groups is 2. The topological polar surface area (TPSA) is 119 Å². The number of nitrogens with one attached hydrogen (secondary N) is 2. The van der Waals surface area contributed by atoms with E-state index in [0.29, 0.717) is 18.4 Å². The molecular formula is C32H36N2O5. The highest BCUT2D eigenvalue weighted by molar-refractivity contribution is 6.15. The first-order chi connectivity index (χ1) is 18.6. The largest absolute Gasteiger partial charge is 0.388 e. The number of fused-ring (bicyclic) bond motifs is 1. The van der Waals surface area contributed by atoms with Gasteiger partial charge in [-0.15, -0.1) is 0 Å². The number of para-hydroxylation sites is 1. The number of aliphatic hydroxyl groups excluding tert-OH is 2. The maximum absolute atomic E-state index is 14.2. The Labute approximate surface area is 228 Å². The van der Waals surface area contributed by atoms with Crippen LogP contribution < -0.4 is 5.32 Å². The molecule has 2 aliphatic carbocycles. The number of aromatic amines is 1. The van der Waals surface area contributed by atoms with Crippen molar-refractivity contribution in [3.8, 4) is 0 Å². The van der Waals surface area contributed by atoms with Crippen LogP contribution in [0.15, 0.2) is 77.6 Å². The van der Waals surface area contributed by atoms with E-state index in [1.165, 1.54) is 0 Å². The zero-order valence-electron chi connectivity index (χ0n) is 22.8. The highest BCUT2D eigenvalue weighted by Crippen LogP contribution is 2.55. The van der Waals surface area contributed by atoms with Crippen molar-refractivity contribution in [1.29, 1.82) is 0 Å². The van der Waals surface area contributed by atoms with E-state index in [4.69, 9.17) is 0 Å². The maximum atomic E-state index is 14.2. The van der Waals surface area contributed by atoms with E-state index in [1.54, 1.807) is 6.92 Å². The summed E-state index contributed by atoms with van der Waals surface area (Å²) in [5, 5.41) is 26.2. The molecule has 1 aliphatic heterocycles. The van der Waals surface area contributed by atoms with Crippen LogP contribution in [0, 0.1) is 23.2 Å². The predicted molar refractivity (Wildman–Crippen MR) is 150 cm³/mol. The van der Waals surface area contributed by atoms with E-state index < -0.39 is 53.0 Å². The van der Waals surface area contributed by atoms with Crippen molar-refractivity contribution >= 4 is 28.4 Å². The molecular weight excluding hydrogens is 492 g/mol. The van der Waals surface area contributed by atoms with Gasteiger partial charge in [-0.25, -0.2) is 0 Å². The summed E-state index contributed by atoms with van der Waals surface area (Å²) in [4.78, 5) is 44.3. The van der Waals surface area contributed by atoms with Crippen molar-refractivity contribution in [3.63, 3.8) is 0 Å². The summed E-state index contributed by atoms with van der Waals surface area (Å²) in [5.74, 6) is -2.94. The SMILES string of the molecule is CC1=C(C)[C@H]2[C@H](Cc3c[nH]c4ccccc34)NC(=O)[C@]23C(=O)/C=C/C(=O)[C@H](O)/C(C)=C\[C@@H](C)C/C=C/[C@H]3[C@@H]1O. The van der Waals surface area contributed by atoms with Gasteiger partial charge in [-0.1, -0.05) is 48.9 Å². The number of rotatable bonds is 2. The maximum Gasteiger partial charge on any atom is 0.235 e. The monoisotopic (exact) mass is 528 g/mol. The lowest BCUT2D eigenvalue weighted by atomic mass is 9.55. The Morgan fingerprint density at radius 3 is 2.54 bits per heavy atom. The number of carbonyl (C=O) groups excluding carboxylic acids is 3. The lowest BCUT2D eigenvalue weighted by Gasteiger charge is -2.45. The smallest absolute Gasteiger partial charge is 0.235 e. The fourth-order valence-electron chi connectivity index (χ4n) is 6.88. The minimum Gasteiger partial charge on any atom is -0.388 e. The average Bonchev–Trinajstić information content (AvgIpc) is 3.45. The summed E-state index contributed by atoms with van der Waals surface area (Å²) in [5.41, 5.74) is 2.46. The molecule has 7 heteroatoms. The zero-order valence-corrected chi connectivity index (χ0v) is 22.8. The highest BCUT2D eigenvalue weighted by atomic mass is 16.3.